The molecule has 0 saturated carbocycles. The highest BCUT2D eigenvalue weighted by Gasteiger charge is 2.32. The SMILES string of the molecule is O=C(Nc1cccc(Cl)c1)N[C@H](C(=O)N1CCc2ccccc21)c1ccccc1. The summed E-state index contributed by atoms with van der Waals surface area (Å²) in [5, 5.41) is 6.09. The van der Waals surface area contributed by atoms with Crippen LogP contribution in [0.15, 0.2) is 78.9 Å². The Hall–Kier alpha value is -3.31. The largest absolute Gasteiger partial charge is 0.322 e. The summed E-state index contributed by atoms with van der Waals surface area (Å²) in [5.41, 5.74) is 3.32. The van der Waals surface area contributed by atoms with Gasteiger partial charge in [-0.3, -0.25) is 4.79 Å². The fourth-order valence-corrected chi connectivity index (χ4v) is 3.71. The van der Waals surface area contributed by atoms with Crippen molar-refractivity contribution >= 4 is 34.9 Å². The molecule has 0 fully saturated rings. The maximum absolute atomic E-state index is 13.4. The van der Waals surface area contributed by atoms with Crippen LogP contribution in [0.1, 0.15) is 17.2 Å². The Morgan fingerprint density at radius 1 is 0.931 bits per heavy atom. The van der Waals surface area contributed by atoms with Gasteiger partial charge >= 0.3 is 6.03 Å². The number of fused-ring (bicyclic) bond motifs is 1. The second-order valence-corrected chi connectivity index (χ2v) is 7.26. The van der Waals surface area contributed by atoms with Crippen molar-refractivity contribution in [1.29, 1.82) is 0 Å². The Morgan fingerprint density at radius 3 is 2.48 bits per heavy atom. The third kappa shape index (κ3) is 4.25. The van der Waals surface area contributed by atoms with Crippen LogP contribution in [-0.4, -0.2) is 18.5 Å². The zero-order valence-corrected chi connectivity index (χ0v) is 16.4. The zero-order valence-electron chi connectivity index (χ0n) is 15.6. The molecular formula is C23H20ClN3O2. The maximum Gasteiger partial charge on any atom is 0.320 e. The van der Waals surface area contributed by atoms with Crippen LogP contribution in [0.4, 0.5) is 16.2 Å². The van der Waals surface area contributed by atoms with E-state index in [0.29, 0.717) is 17.3 Å². The standard InChI is InChI=1S/C23H20ClN3O2/c24-18-10-6-11-19(15-18)25-23(29)26-21(17-8-2-1-3-9-17)22(28)27-14-13-16-7-4-5-12-20(16)27/h1-12,15,21H,13-14H2,(H2,25,26,29)/t21-/m0/s1. The lowest BCUT2D eigenvalue weighted by atomic mass is 10.1. The number of carbonyl (C=O) groups excluding carboxylic acids is 2. The van der Waals surface area contributed by atoms with Crippen LogP contribution in [-0.2, 0) is 11.2 Å². The Labute approximate surface area is 174 Å². The number of para-hydroxylation sites is 1. The van der Waals surface area contributed by atoms with E-state index in [4.69, 9.17) is 11.6 Å². The van der Waals surface area contributed by atoms with Crippen molar-refractivity contribution in [3.8, 4) is 0 Å². The number of halogens is 1. The fourth-order valence-electron chi connectivity index (χ4n) is 3.52. The summed E-state index contributed by atoms with van der Waals surface area (Å²) in [4.78, 5) is 27.8. The number of anilines is 2. The highest BCUT2D eigenvalue weighted by atomic mass is 35.5. The molecule has 0 aromatic heterocycles. The molecule has 3 aromatic rings. The normalized spacial score (nSPS) is 13.5. The minimum absolute atomic E-state index is 0.164. The van der Waals surface area contributed by atoms with Crippen LogP contribution in [0.5, 0.6) is 0 Å². The van der Waals surface area contributed by atoms with Crippen LogP contribution < -0.4 is 15.5 Å². The van der Waals surface area contributed by atoms with Crippen LogP contribution in [0, 0.1) is 0 Å². The summed E-state index contributed by atoms with van der Waals surface area (Å²) >= 11 is 5.98. The van der Waals surface area contributed by atoms with Crippen LogP contribution in [0.2, 0.25) is 5.02 Å². The second-order valence-electron chi connectivity index (χ2n) is 6.82. The molecule has 1 aliphatic rings. The molecule has 3 amide bonds. The summed E-state index contributed by atoms with van der Waals surface area (Å²) < 4.78 is 0. The molecule has 5 nitrogen and oxygen atoms in total. The number of benzene rings is 3. The number of hydrogen-bond acceptors (Lipinski definition) is 2. The lowest BCUT2D eigenvalue weighted by Gasteiger charge is -2.25. The molecule has 1 heterocycles. The van der Waals surface area contributed by atoms with Crippen molar-refractivity contribution in [3.63, 3.8) is 0 Å². The molecule has 3 aromatic carbocycles. The Kier molecular flexibility index (Phi) is 5.49. The molecule has 4 rings (SSSR count). The monoisotopic (exact) mass is 405 g/mol. The number of nitrogens with zero attached hydrogens (tertiary/aromatic N) is 1. The molecular weight excluding hydrogens is 386 g/mol. The van der Waals surface area contributed by atoms with Gasteiger partial charge in [-0.05, 0) is 41.8 Å². The van der Waals surface area contributed by atoms with Gasteiger partial charge in [0.25, 0.3) is 5.91 Å². The van der Waals surface area contributed by atoms with Gasteiger partial charge in [0.05, 0.1) is 0 Å². The van der Waals surface area contributed by atoms with E-state index < -0.39 is 12.1 Å². The Bertz CT molecular complexity index is 1040. The van der Waals surface area contributed by atoms with Gasteiger partial charge in [0.15, 0.2) is 0 Å². The molecule has 0 bridgehead atoms. The first-order valence-electron chi connectivity index (χ1n) is 9.39. The van der Waals surface area contributed by atoms with E-state index in [1.807, 2.05) is 54.6 Å². The van der Waals surface area contributed by atoms with Gasteiger partial charge in [-0.15, -0.1) is 0 Å². The molecule has 0 spiro atoms. The van der Waals surface area contributed by atoms with Gasteiger partial charge in [-0.1, -0.05) is 66.2 Å². The van der Waals surface area contributed by atoms with Crippen molar-refractivity contribution in [3.05, 3.63) is 95.0 Å². The number of amides is 3. The van der Waals surface area contributed by atoms with E-state index in [-0.39, 0.29) is 5.91 Å². The summed E-state index contributed by atoms with van der Waals surface area (Å²) in [7, 11) is 0. The highest BCUT2D eigenvalue weighted by Crippen LogP contribution is 2.30. The molecule has 1 aliphatic heterocycles. The first-order valence-corrected chi connectivity index (χ1v) is 9.77. The summed E-state index contributed by atoms with van der Waals surface area (Å²) in [6.07, 6.45) is 0.804. The highest BCUT2D eigenvalue weighted by molar-refractivity contribution is 6.30. The first-order chi connectivity index (χ1) is 14.1. The van der Waals surface area contributed by atoms with E-state index in [9.17, 15) is 9.59 Å². The van der Waals surface area contributed by atoms with Crippen LogP contribution in [0.3, 0.4) is 0 Å². The predicted octanol–water partition coefficient (Wildman–Crippen LogP) is 4.79. The maximum atomic E-state index is 13.4. The predicted molar refractivity (Wildman–Crippen MR) is 115 cm³/mol. The van der Waals surface area contributed by atoms with E-state index in [1.54, 1.807) is 29.2 Å². The van der Waals surface area contributed by atoms with E-state index in [0.717, 1.165) is 23.2 Å². The number of urea groups is 1. The first kappa shape index (κ1) is 19.0. The van der Waals surface area contributed by atoms with Gasteiger partial charge < -0.3 is 15.5 Å². The minimum atomic E-state index is -0.804. The summed E-state index contributed by atoms with van der Waals surface area (Å²) in [6, 6.07) is 22.7. The number of carbonyl (C=O) groups is 2. The molecule has 6 heteroatoms. The quantitative estimate of drug-likeness (QED) is 0.655. The molecule has 146 valence electrons. The number of rotatable bonds is 4. The topological polar surface area (TPSA) is 61.4 Å². The summed E-state index contributed by atoms with van der Waals surface area (Å²) in [6.45, 7) is 0.596. The van der Waals surface area contributed by atoms with Crippen LogP contribution >= 0.6 is 11.6 Å². The minimum Gasteiger partial charge on any atom is -0.322 e. The van der Waals surface area contributed by atoms with Crippen molar-refractivity contribution in [2.24, 2.45) is 0 Å². The lowest BCUT2D eigenvalue weighted by molar-refractivity contribution is -0.120. The third-order valence-corrected chi connectivity index (χ3v) is 5.13. The van der Waals surface area contributed by atoms with E-state index in [1.165, 1.54) is 0 Å². The van der Waals surface area contributed by atoms with Gasteiger partial charge in [-0.25, -0.2) is 4.79 Å². The van der Waals surface area contributed by atoms with E-state index >= 15 is 0 Å². The molecule has 2 N–H and O–H groups in total. The average Bonchev–Trinajstić information content (AvgIpc) is 3.16. The van der Waals surface area contributed by atoms with Crippen LogP contribution in [0.25, 0.3) is 0 Å². The molecule has 29 heavy (non-hydrogen) atoms. The molecule has 0 unspecified atom stereocenters. The smallest absolute Gasteiger partial charge is 0.320 e. The lowest BCUT2D eigenvalue weighted by Crippen LogP contribution is -2.43. The Morgan fingerprint density at radius 2 is 1.69 bits per heavy atom. The van der Waals surface area contributed by atoms with Crippen molar-refractivity contribution in [2.75, 3.05) is 16.8 Å². The van der Waals surface area contributed by atoms with Crippen molar-refractivity contribution < 1.29 is 9.59 Å². The Balaban J connectivity index is 1.57. The second kappa shape index (κ2) is 8.37. The average molecular weight is 406 g/mol. The number of hydrogen-bond donors (Lipinski definition) is 2. The number of nitrogens with one attached hydrogen (secondary N) is 2. The fraction of sp³-hybridized carbons (Fsp3) is 0.130. The van der Waals surface area contributed by atoms with Crippen molar-refractivity contribution in [2.45, 2.75) is 12.5 Å². The van der Waals surface area contributed by atoms with Crippen molar-refractivity contribution in [1.82, 2.24) is 5.32 Å². The van der Waals surface area contributed by atoms with Gasteiger partial charge in [0, 0.05) is 22.9 Å². The molecule has 1 atom stereocenters. The zero-order chi connectivity index (χ0) is 20.2. The van der Waals surface area contributed by atoms with Gasteiger partial charge in [0.2, 0.25) is 0 Å². The summed E-state index contributed by atoms with van der Waals surface area (Å²) in [5.74, 6) is -0.164. The molecule has 0 aliphatic carbocycles. The van der Waals surface area contributed by atoms with Gasteiger partial charge in [0.1, 0.15) is 6.04 Å². The van der Waals surface area contributed by atoms with E-state index in [2.05, 4.69) is 10.6 Å². The van der Waals surface area contributed by atoms with Gasteiger partial charge in [-0.2, -0.15) is 0 Å². The third-order valence-electron chi connectivity index (χ3n) is 4.89. The molecule has 0 radical (unpaired) electrons. The molecule has 0 saturated heterocycles.